The molecule has 19 heavy (non-hydrogen) atoms. The number of carbonyl (C=O) groups is 2. The van der Waals surface area contributed by atoms with Gasteiger partial charge in [0.1, 0.15) is 0 Å². The van der Waals surface area contributed by atoms with E-state index in [2.05, 4.69) is 5.32 Å². The standard InChI is InChI=1S/C14H25N3O2/c1-3-11(2)14(19)16-7-4-5-12(10-16)17-8-6-15-9-13(17)18/h11-12,15H,3-10H2,1-2H3. The Hall–Kier alpha value is -1.10. The highest BCUT2D eigenvalue weighted by Crippen LogP contribution is 2.19. The van der Waals surface area contributed by atoms with Gasteiger partial charge in [0.15, 0.2) is 0 Å². The highest BCUT2D eigenvalue weighted by Gasteiger charge is 2.32. The summed E-state index contributed by atoms with van der Waals surface area (Å²) < 4.78 is 0. The Bertz CT molecular complexity index is 346. The van der Waals surface area contributed by atoms with Crippen molar-refractivity contribution in [1.82, 2.24) is 15.1 Å². The first-order chi connectivity index (χ1) is 9.13. The first-order valence-corrected chi connectivity index (χ1v) is 7.42. The summed E-state index contributed by atoms with van der Waals surface area (Å²) in [5.74, 6) is 0.515. The topological polar surface area (TPSA) is 52.7 Å². The van der Waals surface area contributed by atoms with Crippen LogP contribution in [0.1, 0.15) is 33.1 Å². The molecule has 2 amide bonds. The maximum Gasteiger partial charge on any atom is 0.236 e. The molecule has 2 saturated heterocycles. The van der Waals surface area contributed by atoms with E-state index in [4.69, 9.17) is 0 Å². The molecule has 2 fully saturated rings. The van der Waals surface area contributed by atoms with E-state index >= 15 is 0 Å². The van der Waals surface area contributed by atoms with Crippen LogP contribution in [0.25, 0.3) is 0 Å². The molecule has 0 aromatic heterocycles. The Morgan fingerprint density at radius 1 is 1.47 bits per heavy atom. The van der Waals surface area contributed by atoms with Crippen molar-refractivity contribution in [2.24, 2.45) is 5.92 Å². The summed E-state index contributed by atoms with van der Waals surface area (Å²) in [4.78, 5) is 28.1. The van der Waals surface area contributed by atoms with E-state index in [9.17, 15) is 9.59 Å². The Balaban J connectivity index is 1.96. The Morgan fingerprint density at radius 3 is 2.95 bits per heavy atom. The van der Waals surface area contributed by atoms with Crippen LogP contribution in [0.2, 0.25) is 0 Å². The fourth-order valence-electron chi connectivity index (χ4n) is 2.90. The van der Waals surface area contributed by atoms with E-state index in [1.165, 1.54) is 0 Å². The predicted octanol–water partition coefficient (Wildman–Crippen LogP) is 0.455. The van der Waals surface area contributed by atoms with E-state index in [1.807, 2.05) is 23.6 Å². The van der Waals surface area contributed by atoms with Crippen molar-refractivity contribution in [3.05, 3.63) is 0 Å². The first kappa shape index (κ1) is 14.3. The molecule has 5 heteroatoms. The van der Waals surface area contributed by atoms with Crippen molar-refractivity contribution in [3.63, 3.8) is 0 Å². The van der Waals surface area contributed by atoms with E-state index < -0.39 is 0 Å². The molecule has 0 saturated carbocycles. The lowest BCUT2D eigenvalue weighted by atomic mass is 10.00. The Labute approximate surface area is 115 Å². The van der Waals surface area contributed by atoms with Crippen LogP contribution in [-0.2, 0) is 9.59 Å². The first-order valence-electron chi connectivity index (χ1n) is 7.42. The van der Waals surface area contributed by atoms with Gasteiger partial charge in [-0.2, -0.15) is 0 Å². The van der Waals surface area contributed by atoms with E-state index in [1.54, 1.807) is 0 Å². The monoisotopic (exact) mass is 267 g/mol. The van der Waals surface area contributed by atoms with E-state index in [0.29, 0.717) is 6.54 Å². The molecule has 2 atom stereocenters. The molecule has 0 bridgehead atoms. The van der Waals surface area contributed by atoms with E-state index in [-0.39, 0.29) is 23.8 Å². The zero-order valence-corrected chi connectivity index (χ0v) is 12.0. The number of piperazine rings is 1. The summed E-state index contributed by atoms with van der Waals surface area (Å²) in [5.41, 5.74) is 0. The largest absolute Gasteiger partial charge is 0.340 e. The average Bonchev–Trinajstić information content (AvgIpc) is 2.46. The molecule has 2 aliphatic heterocycles. The third-order valence-corrected chi connectivity index (χ3v) is 4.31. The second kappa shape index (κ2) is 6.37. The summed E-state index contributed by atoms with van der Waals surface area (Å²) in [6.45, 7) is 7.67. The fourth-order valence-corrected chi connectivity index (χ4v) is 2.90. The predicted molar refractivity (Wildman–Crippen MR) is 73.6 cm³/mol. The van der Waals surface area contributed by atoms with Crippen molar-refractivity contribution >= 4 is 11.8 Å². The van der Waals surface area contributed by atoms with Crippen molar-refractivity contribution in [1.29, 1.82) is 0 Å². The van der Waals surface area contributed by atoms with Gasteiger partial charge in [0.05, 0.1) is 6.54 Å². The van der Waals surface area contributed by atoms with Crippen molar-refractivity contribution < 1.29 is 9.59 Å². The van der Waals surface area contributed by atoms with Crippen LogP contribution in [0.4, 0.5) is 0 Å². The highest BCUT2D eigenvalue weighted by atomic mass is 16.2. The molecule has 0 spiro atoms. The summed E-state index contributed by atoms with van der Waals surface area (Å²) in [6, 6.07) is 0.219. The number of hydrogen-bond donors (Lipinski definition) is 1. The summed E-state index contributed by atoms with van der Waals surface area (Å²) in [7, 11) is 0. The highest BCUT2D eigenvalue weighted by molar-refractivity contribution is 5.80. The minimum atomic E-state index is 0.0949. The number of amides is 2. The second-order valence-electron chi connectivity index (χ2n) is 5.65. The van der Waals surface area contributed by atoms with Gasteiger partial charge in [0.2, 0.25) is 11.8 Å². The van der Waals surface area contributed by atoms with Gasteiger partial charge in [0.25, 0.3) is 0 Å². The second-order valence-corrected chi connectivity index (χ2v) is 5.65. The lowest BCUT2D eigenvalue weighted by Gasteiger charge is -2.41. The van der Waals surface area contributed by atoms with Crippen molar-refractivity contribution in [3.8, 4) is 0 Å². The number of rotatable bonds is 3. The van der Waals surface area contributed by atoms with Gasteiger partial charge >= 0.3 is 0 Å². The number of hydrogen-bond acceptors (Lipinski definition) is 3. The van der Waals surface area contributed by atoms with Gasteiger partial charge in [-0.05, 0) is 19.3 Å². The van der Waals surface area contributed by atoms with Gasteiger partial charge in [-0.1, -0.05) is 13.8 Å². The lowest BCUT2D eigenvalue weighted by Crippen LogP contribution is -2.57. The molecule has 0 radical (unpaired) electrons. The van der Waals surface area contributed by atoms with Crippen LogP contribution >= 0.6 is 0 Å². The molecule has 0 aromatic rings. The minimum absolute atomic E-state index is 0.0949. The molecule has 0 aromatic carbocycles. The van der Waals surface area contributed by atoms with Crippen LogP contribution < -0.4 is 5.32 Å². The van der Waals surface area contributed by atoms with E-state index in [0.717, 1.165) is 45.4 Å². The number of carbonyl (C=O) groups excluding carboxylic acids is 2. The molecular weight excluding hydrogens is 242 g/mol. The molecule has 2 rings (SSSR count). The van der Waals surface area contributed by atoms with Crippen LogP contribution in [0.5, 0.6) is 0 Å². The number of nitrogens with zero attached hydrogens (tertiary/aromatic N) is 2. The van der Waals surface area contributed by atoms with Gasteiger partial charge in [0, 0.05) is 38.1 Å². The maximum atomic E-state index is 12.2. The zero-order valence-electron chi connectivity index (χ0n) is 12.0. The molecule has 2 heterocycles. The normalized spacial score (nSPS) is 26.4. The smallest absolute Gasteiger partial charge is 0.236 e. The van der Waals surface area contributed by atoms with Gasteiger partial charge in [-0.25, -0.2) is 0 Å². The van der Waals surface area contributed by atoms with Gasteiger partial charge in [-0.15, -0.1) is 0 Å². The van der Waals surface area contributed by atoms with Crippen LogP contribution in [0.15, 0.2) is 0 Å². The summed E-state index contributed by atoms with van der Waals surface area (Å²) >= 11 is 0. The molecular formula is C14H25N3O2. The van der Waals surface area contributed by atoms with Crippen LogP contribution in [0.3, 0.4) is 0 Å². The fraction of sp³-hybridized carbons (Fsp3) is 0.857. The molecule has 108 valence electrons. The number of likely N-dealkylation sites (tertiary alicyclic amines) is 1. The van der Waals surface area contributed by atoms with Gasteiger partial charge in [-0.3, -0.25) is 9.59 Å². The number of piperidine rings is 1. The Kier molecular flexibility index (Phi) is 4.80. The maximum absolute atomic E-state index is 12.2. The number of nitrogens with one attached hydrogen (secondary N) is 1. The average molecular weight is 267 g/mol. The van der Waals surface area contributed by atoms with Crippen LogP contribution in [0, 0.1) is 5.92 Å². The zero-order chi connectivity index (χ0) is 13.8. The lowest BCUT2D eigenvalue weighted by molar-refractivity contribution is -0.142. The third kappa shape index (κ3) is 3.26. The summed E-state index contributed by atoms with van der Waals surface area (Å²) in [5, 5.41) is 3.09. The molecule has 2 unspecified atom stereocenters. The minimum Gasteiger partial charge on any atom is -0.340 e. The van der Waals surface area contributed by atoms with Crippen molar-refractivity contribution in [2.75, 3.05) is 32.7 Å². The molecule has 2 aliphatic rings. The molecule has 0 aliphatic carbocycles. The molecule has 1 N–H and O–H groups in total. The van der Waals surface area contributed by atoms with Gasteiger partial charge < -0.3 is 15.1 Å². The summed E-state index contributed by atoms with van der Waals surface area (Å²) in [6.07, 6.45) is 2.91. The molecule has 5 nitrogen and oxygen atoms in total. The Morgan fingerprint density at radius 2 is 2.26 bits per heavy atom. The third-order valence-electron chi connectivity index (χ3n) is 4.31. The van der Waals surface area contributed by atoms with Crippen LogP contribution in [-0.4, -0.2) is 60.4 Å². The van der Waals surface area contributed by atoms with Crippen molar-refractivity contribution in [2.45, 2.75) is 39.2 Å². The quantitative estimate of drug-likeness (QED) is 0.808. The SMILES string of the molecule is CCC(C)C(=O)N1CCCC(N2CCNCC2=O)C1.